The zero-order valence-electron chi connectivity index (χ0n) is 13.9. The van der Waals surface area contributed by atoms with Crippen molar-refractivity contribution in [3.05, 3.63) is 63.2 Å². The molecule has 130 valence electrons. The van der Waals surface area contributed by atoms with Crippen LogP contribution in [0.5, 0.6) is 11.5 Å². The first-order valence-corrected chi connectivity index (χ1v) is 7.59. The van der Waals surface area contributed by atoms with Gasteiger partial charge in [-0.2, -0.15) is 0 Å². The van der Waals surface area contributed by atoms with Crippen LogP contribution in [0.25, 0.3) is 0 Å². The molecule has 25 heavy (non-hydrogen) atoms. The van der Waals surface area contributed by atoms with Crippen LogP contribution in [0.1, 0.15) is 40.1 Å². The summed E-state index contributed by atoms with van der Waals surface area (Å²) >= 11 is 0. The molecule has 0 saturated heterocycles. The molecule has 0 aliphatic heterocycles. The maximum absolute atomic E-state index is 11.6. The van der Waals surface area contributed by atoms with E-state index in [1.54, 1.807) is 18.2 Å². The Kier molecular flexibility index (Phi) is 5.84. The first-order valence-electron chi connectivity index (χ1n) is 7.59. The van der Waals surface area contributed by atoms with E-state index in [4.69, 9.17) is 9.47 Å². The third-order valence-corrected chi connectivity index (χ3v) is 3.47. The lowest BCUT2D eigenvalue weighted by molar-refractivity contribution is -0.386. The number of ketones is 1. The fraction of sp³-hybridized carbons (Fsp3) is 0.222. The summed E-state index contributed by atoms with van der Waals surface area (Å²) in [5.41, 5.74) is 0.981. The standard InChI is InChI=1S/C18H17NO6/c1-3-24-17-7-5-14(12(2)21)9-15(17)11-25-18-6-4-13(10-20)8-16(18)19(22)23/h4-10H,3,11H2,1-2H3. The second kappa shape index (κ2) is 8.05. The molecule has 0 N–H and O–H groups in total. The van der Waals surface area contributed by atoms with E-state index in [9.17, 15) is 19.7 Å². The first-order chi connectivity index (χ1) is 12.0. The Morgan fingerprint density at radius 3 is 2.48 bits per heavy atom. The average molecular weight is 343 g/mol. The summed E-state index contributed by atoms with van der Waals surface area (Å²) in [6, 6.07) is 8.92. The minimum Gasteiger partial charge on any atom is -0.493 e. The Labute approximate surface area is 144 Å². The highest BCUT2D eigenvalue weighted by atomic mass is 16.6. The lowest BCUT2D eigenvalue weighted by atomic mass is 10.1. The third kappa shape index (κ3) is 4.41. The number of rotatable bonds is 8. The van der Waals surface area contributed by atoms with E-state index in [1.807, 2.05) is 6.92 Å². The maximum atomic E-state index is 11.6. The third-order valence-electron chi connectivity index (χ3n) is 3.47. The van der Waals surface area contributed by atoms with E-state index in [-0.39, 0.29) is 29.4 Å². The fourth-order valence-corrected chi connectivity index (χ4v) is 2.24. The normalized spacial score (nSPS) is 10.2. The Balaban J connectivity index is 2.31. The molecule has 0 aliphatic carbocycles. The molecular formula is C18H17NO6. The molecule has 0 heterocycles. The monoisotopic (exact) mass is 343 g/mol. The number of carbonyl (C=O) groups is 2. The number of hydrogen-bond acceptors (Lipinski definition) is 6. The van der Waals surface area contributed by atoms with Gasteiger partial charge in [-0.05, 0) is 44.2 Å². The van der Waals surface area contributed by atoms with Gasteiger partial charge in [0.15, 0.2) is 11.5 Å². The van der Waals surface area contributed by atoms with Gasteiger partial charge in [0.2, 0.25) is 0 Å². The molecule has 0 aromatic heterocycles. The average Bonchev–Trinajstić information content (AvgIpc) is 2.60. The number of carbonyl (C=O) groups excluding carboxylic acids is 2. The summed E-state index contributed by atoms with van der Waals surface area (Å²) < 4.78 is 11.1. The summed E-state index contributed by atoms with van der Waals surface area (Å²) in [4.78, 5) is 32.9. The zero-order valence-corrected chi connectivity index (χ0v) is 13.9. The van der Waals surface area contributed by atoms with E-state index < -0.39 is 4.92 Å². The van der Waals surface area contributed by atoms with Crippen molar-refractivity contribution in [3.8, 4) is 11.5 Å². The number of nitrogens with zero attached hydrogens (tertiary/aromatic N) is 1. The van der Waals surface area contributed by atoms with Crippen LogP contribution in [-0.2, 0) is 6.61 Å². The van der Waals surface area contributed by atoms with Crippen LogP contribution in [0.2, 0.25) is 0 Å². The van der Waals surface area contributed by atoms with Crippen LogP contribution in [0, 0.1) is 10.1 Å². The number of nitro groups is 1. The van der Waals surface area contributed by atoms with Gasteiger partial charge in [0.1, 0.15) is 18.6 Å². The lowest BCUT2D eigenvalue weighted by Crippen LogP contribution is -2.05. The smallest absolute Gasteiger partial charge is 0.311 e. The predicted molar refractivity (Wildman–Crippen MR) is 90.4 cm³/mol. The number of hydrogen-bond donors (Lipinski definition) is 0. The first kappa shape index (κ1) is 18.1. The van der Waals surface area contributed by atoms with Crippen LogP contribution in [0.4, 0.5) is 5.69 Å². The highest BCUT2D eigenvalue weighted by molar-refractivity contribution is 5.94. The lowest BCUT2D eigenvalue weighted by Gasteiger charge is -2.13. The summed E-state index contributed by atoms with van der Waals surface area (Å²) in [6.45, 7) is 3.69. The molecule has 0 spiro atoms. The van der Waals surface area contributed by atoms with Crippen LogP contribution in [0.15, 0.2) is 36.4 Å². The van der Waals surface area contributed by atoms with Gasteiger partial charge in [-0.3, -0.25) is 19.7 Å². The van der Waals surface area contributed by atoms with Gasteiger partial charge in [0, 0.05) is 22.8 Å². The molecule has 2 aromatic carbocycles. The molecule has 0 unspecified atom stereocenters. The SMILES string of the molecule is CCOc1ccc(C(C)=O)cc1COc1ccc(C=O)cc1[N+](=O)[O-]. The van der Waals surface area contributed by atoms with Crippen molar-refractivity contribution in [2.45, 2.75) is 20.5 Å². The largest absolute Gasteiger partial charge is 0.493 e. The van der Waals surface area contributed by atoms with Crippen molar-refractivity contribution in [1.29, 1.82) is 0 Å². The van der Waals surface area contributed by atoms with E-state index in [0.29, 0.717) is 29.8 Å². The molecular weight excluding hydrogens is 326 g/mol. The summed E-state index contributed by atoms with van der Waals surface area (Å²) in [6.07, 6.45) is 0.528. The molecule has 0 fully saturated rings. The molecule has 0 amide bonds. The molecule has 0 atom stereocenters. The number of aldehydes is 1. The van der Waals surface area contributed by atoms with Crippen molar-refractivity contribution < 1.29 is 24.0 Å². The highest BCUT2D eigenvalue weighted by Gasteiger charge is 2.17. The van der Waals surface area contributed by atoms with Gasteiger partial charge in [-0.15, -0.1) is 0 Å². The van der Waals surface area contributed by atoms with Crippen LogP contribution in [0.3, 0.4) is 0 Å². The molecule has 0 saturated carbocycles. The summed E-state index contributed by atoms with van der Waals surface area (Å²) in [7, 11) is 0. The van der Waals surface area contributed by atoms with E-state index in [0.717, 1.165) is 6.07 Å². The van der Waals surface area contributed by atoms with E-state index in [2.05, 4.69) is 0 Å². The van der Waals surface area contributed by atoms with E-state index in [1.165, 1.54) is 19.1 Å². The maximum Gasteiger partial charge on any atom is 0.311 e. The van der Waals surface area contributed by atoms with Crippen LogP contribution < -0.4 is 9.47 Å². The quantitative estimate of drug-likeness (QED) is 0.314. The molecule has 0 radical (unpaired) electrons. The van der Waals surface area contributed by atoms with Crippen molar-refractivity contribution >= 4 is 17.8 Å². The van der Waals surface area contributed by atoms with Crippen molar-refractivity contribution in [2.24, 2.45) is 0 Å². The molecule has 2 aromatic rings. The van der Waals surface area contributed by atoms with Gasteiger partial charge in [-0.1, -0.05) is 0 Å². The topological polar surface area (TPSA) is 95.7 Å². The molecule has 0 bridgehead atoms. The molecule has 7 nitrogen and oxygen atoms in total. The van der Waals surface area contributed by atoms with Crippen molar-refractivity contribution in [1.82, 2.24) is 0 Å². The van der Waals surface area contributed by atoms with Gasteiger partial charge in [0.05, 0.1) is 11.5 Å². The van der Waals surface area contributed by atoms with Gasteiger partial charge < -0.3 is 9.47 Å². The van der Waals surface area contributed by atoms with Gasteiger partial charge >= 0.3 is 5.69 Å². The van der Waals surface area contributed by atoms with Gasteiger partial charge in [0.25, 0.3) is 0 Å². The summed E-state index contributed by atoms with van der Waals surface area (Å²) in [5.74, 6) is 0.469. The minimum atomic E-state index is -0.613. The van der Waals surface area contributed by atoms with E-state index >= 15 is 0 Å². The van der Waals surface area contributed by atoms with Crippen LogP contribution in [-0.4, -0.2) is 23.6 Å². The molecule has 7 heteroatoms. The second-order valence-corrected chi connectivity index (χ2v) is 5.20. The van der Waals surface area contributed by atoms with Gasteiger partial charge in [-0.25, -0.2) is 0 Å². The molecule has 0 aliphatic rings. The predicted octanol–water partition coefficient (Wildman–Crippen LogP) is 3.59. The Hall–Kier alpha value is -3.22. The Morgan fingerprint density at radius 2 is 1.88 bits per heavy atom. The number of ether oxygens (including phenoxy) is 2. The van der Waals surface area contributed by atoms with Crippen molar-refractivity contribution in [2.75, 3.05) is 6.61 Å². The highest BCUT2D eigenvalue weighted by Crippen LogP contribution is 2.30. The zero-order chi connectivity index (χ0) is 18.4. The number of nitro benzene ring substituents is 1. The minimum absolute atomic E-state index is 0.0161. The molecule has 2 rings (SSSR count). The van der Waals surface area contributed by atoms with Crippen LogP contribution >= 0.6 is 0 Å². The van der Waals surface area contributed by atoms with Crippen molar-refractivity contribution in [3.63, 3.8) is 0 Å². The number of Topliss-reactive ketones (excluding diaryl/α,β-unsaturated/α-hetero) is 1. The number of benzene rings is 2. The summed E-state index contributed by atoms with van der Waals surface area (Å²) in [5, 5.41) is 11.2. The second-order valence-electron chi connectivity index (χ2n) is 5.20. The Bertz CT molecular complexity index is 815. The fourth-order valence-electron chi connectivity index (χ4n) is 2.24. The Morgan fingerprint density at radius 1 is 1.16 bits per heavy atom.